The van der Waals surface area contributed by atoms with E-state index in [-0.39, 0.29) is 60.5 Å². The van der Waals surface area contributed by atoms with Gasteiger partial charge >= 0.3 is 0 Å². The maximum Gasteiger partial charge on any atom is 0.229 e. The molecule has 15 heteroatoms. The average Bonchev–Trinajstić information content (AvgIpc) is 3.22. The Hall–Kier alpha value is -3.64. The van der Waals surface area contributed by atoms with Gasteiger partial charge in [0.15, 0.2) is 11.6 Å². The molecule has 0 saturated carbocycles. The Labute approximate surface area is 337 Å². The summed E-state index contributed by atoms with van der Waals surface area (Å²) in [6.45, 7) is -0.545. The number of rotatable bonds is 7. The SMILES string of the molecule is O=C1c2cccc3c2C(=O)C2(C(O)=CC(Cc4cccc(CO)c4)=CC12)C(CCCO)SSC1CCC2=C(NCC=C2CCC2(O)C(O)C(CO)OC(O3)C2O)N1. The third-order valence-corrected chi connectivity index (χ3v) is 15.5. The number of ether oxygens (including phenoxy) is 2. The van der Waals surface area contributed by atoms with Gasteiger partial charge < -0.3 is 55.9 Å². The van der Waals surface area contributed by atoms with Crippen LogP contribution in [0.15, 0.2) is 89.0 Å². The zero-order valence-corrected chi connectivity index (χ0v) is 32.8. The van der Waals surface area contributed by atoms with Crippen LogP contribution in [0.4, 0.5) is 0 Å². The van der Waals surface area contributed by atoms with E-state index in [2.05, 4.69) is 10.6 Å². The molecule has 5 aliphatic heterocycles. The lowest BCUT2D eigenvalue weighted by atomic mass is 9.57. The zero-order chi connectivity index (χ0) is 40.1. The first-order valence-corrected chi connectivity index (χ1v) is 21.7. The lowest BCUT2D eigenvalue weighted by Crippen LogP contribution is -2.68. The number of benzene rings is 2. The number of aliphatic hydroxyl groups is 7. The molecule has 57 heavy (non-hydrogen) atoms. The van der Waals surface area contributed by atoms with Gasteiger partial charge in [-0.3, -0.25) is 9.59 Å². The van der Waals surface area contributed by atoms with Crippen molar-refractivity contribution in [2.45, 2.75) is 92.4 Å². The van der Waals surface area contributed by atoms with Crippen molar-refractivity contribution in [3.05, 3.63) is 111 Å². The molecule has 9 unspecified atom stereocenters. The van der Waals surface area contributed by atoms with Crippen LogP contribution in [0, 0.1) is 11.3 Å². The topological polar surface area (TPSA) is 218 Å². The third-order valence-electron chi connectivity index (χ3n) is 12.2. The number of allylic oxidation sites excluding steroid dienone is 6. The molecule has 0 amide bonds. The van der Waals surface area contributed by atoms with Crippen LogP contribution in [0.2, 0.25) is 0 Å². The van der Waals surface area contributed by atoms with E-state index in [0.717, 1.165) is 22.5 Å². The minimum atomic E-state index is -2.20. The van der Waals surface area contributed by atoms with Crippen LogP contribution in [0.25, 0.3) is 0 Å². The summed E-state index contributed by atoms with van der Waals surface area (Å²) in [5.74, 6) is -1.80. The van der Waals surface area contributed by atoms with Gasteiger partial charge in [0.25, 0.3) is 0 Å². The van der Waals surface area contributed by atoms with Crippen LogP contribution in [0.5, 0.6) is 5.75 Å². The van der Waals surface area contributed by atoms with Gasteiger partial charge in [-0.05, 0) is 84.9 Å². The molecule has 7 aliphatic rings. The van der Waals surface area contributed by atoms with Crippen LogP contribution in [0.3, 0.4) is 0 Å². The molecule has 13 nitrogen and oxygen atoms in total. The van der Waals surface area contributed by atoms with Crippen molar-refractivity contribution in [2.24, 2.45) is 11.3 Å². The summed E-state index contributed by atoms with van der Waals surface area (Å²) in [4.78, 5) is 30.6. The van der Waals surface area contributed by atoms with E-state index in [1.165, 1.54) is 39.8 Å². The van der Waals surface area contributed by atoms with Crippen LogP contribution in [-0.4, -0.2) is 108 Å². The molecule has 304 valence electrons. The summed E-state index contributed by atoms with van der Waals surface area (Å²) in [6, 6.07) is 11.8. The molecular formula is C42H48N2O11S2. The number of hydrogen-bond acceptors (Lipinski definition) is 15. The van der Waals surface area contributed by atoms with Crippen LogP contribution in [0.1, 0.15) is 70.4 Å². The Morgan fingerprint density at radius 2 is 1.79 bits per heavy atom. The lowest BCUT2D eigenvalue weighted by Gasteiger charge is -2.49. The molecule has 9 rings (SSSR count). The fraction of sp³-hybridized carbons (Fsp3) is 0.476. The molecule has 8 bridgehead atoms. The van der Waals surface area contributed by atoms with Crippen LogP contribution < -0.4 is 15.4 Å². The first-order valence-electron chi connectivity index (χ1n) is 19.4. The molecule has 2 aliphatic carbocycles. The summed E-state index contributed by atoms with van der Waals surface area (Å²) in [6.07, 6.45) is 1.12. The highest BCUT2D eigenvalue weighted by Crippen LogP contribution is 2.58. The summed E-state index contributed by atoms with van der Waals surface area (Å²) in [5, 5.41) is 83.8. The van der Waals surface area contributed by atoms with Gasteiger partial charge in [0.2, 0.25) is 6.29 Å². The number of Topliss-reactive ketones (excluding diaryl/α,β-unsaturated/α-hetero) is 2. The Balaban J connectivity index is 1.28. The molecule has 1 saturated heterocycles. The number of nitrogens with one attached hydrogen (secondary N) is 2. The van der Waals surface area contributed by atoms with Crippen molar-refractivity contribution < 1.29 is 54.8 Å². The molecule has 5 heterocycles. The van der Waals surface area contributed by atoms with E-state index in [1.54, 1.807) is 18.2 Å². The number of dihydropyridines is 1. The van der Waals surface area contributed by atoms with Crippen molar-refractivity contribution >= 4 is 33.2 Å². The number of aliphatic hydroxyl groups excluding tert-OH is 6. The van der Waals surface area contributed by atoms with Gasteiger partial charge in [0.1, 0.15) is 46.7 Å². The van der Waals surface area contributed by atoms with E-state index in [1.807, 2.05) is 24.3 Å². The fourth-order valence-electron chi connectivity index (χ4n) is 9.26. The molecule has 2 aromatic carbocycles. The van der Waals surface area contributed by atoms with E-state index in [9.17, 15) is 40.5 Å². The minimum Gasteiger partial charge on any atom is -0.511 e. The number of carbonyl (C=O) groups is 2. The monoisotopic (exact) mass is 820 g/mol. The van der Waals surface area contributed by atoms with Crippen molar-refractivity contribution in [3.63, 3.8) is 0 Å². The second-order valence-corrected chi connectivity index (χ2v) is 18.2. The van der Waals surface area contributed by atoms with E-state index in [0.29, 0.717) is 43.4 Å². The fourth-order valence-corrected chi connectivity index (χ4v) is 12.7. The number of hydrogen-bond donors (Lipinski definition) is 9. The van der Waals surface area contributed by atoms with Gasteiger partial charge in [0, 0.05) is 24.0 Å². The molecule has 9 atom stereocenters. The second kappa shape index (κ2) is 16.2. The summed E-state index contributed by atoms with van der Waals surface area (Å²) < 4.78 is 12.1. The maximum atomic E-state index is 15.6. The predicted molar refractivity (Wildman–Crippen MR) is 213 cm³/mol. The Kier molecular flexibility index (Phi) is 11.4. The number of carbonyl (C=O) groups excluding carboxylic acids is 2. The lowest BCUT2D eigenvalue weighted by molar-refractivity contribution is -0.315. The second-order valence-electron chi connectivity index (χ2n) is 15.6. The smallest absolute Gasteiger partial charge is 0.229 e. The highest BCUT2D eigenvalue weighted by molar-refractivity contribution is 8.77. The van der Waals surface area contributed by atoms with Gasteiger partial charge in [-0.1, -0.05) is 70.1 Å². The Bertz CT molecular complexity index is 2050. The molecule has 1 fully saturated rings. The van der Waals surface area contributed by atoms with Crippen molar-refractivity contribution in [1.29, 1.82) is 0 Å². The zero-order valence-electron chi connectivity index (χ0n) is 31.2. The average molecular weight is 821 g/mol. The molecule has 0 radical (unpaired) electrons. The van der Waals surface area contributed by atoms with Gasteiger partial charge in [-0.25, -0.2) is 0 Å². The van der Waals surface area contributed by atoms with Gasteiger partial charge in [-0.15, -0.1) is 0 Å². The van der Waals surface area contributed by atoms with E-state index < -0.39 is 65.0 Å². The minimum absolute atomic E-state index is 0.0391. The molecular weight excluding hydrogens is 773 g/mol. The van der Waals surface area contributed by atoms with Crippen molar-refractivity contribution in [2.75, 3.05) is 19.8 Å². The Morgan fingerprint density at radius 1 is 0.982 bits per heavy atom. The van der Waals surface area contributed by atoms with Gasteiger partial charge in [0.05, 0.1) is 30.1 Å². The quantitative estimate of drug-likeness (QED) is 0.184. The summed E-state index contributed by atoms with van der Waals surface area (Å²) >= 11 is 0. The van der Waals surface area contributed by atoms with Crippen molar-refractivity contribution in [1.82, 2.24) is 10.6 Å². The molecule has 1 spiro atoms. The summed E-state index contributed by atoms with van der Waals surface area (Å²) in [5.41, 5.74) is -0.0174. The maximum absolute atomic E-state index is 15.6. The molecule has 0 aromatic heterocycles. The standard InChI is InChI=1S/C42H48N2O11S2/c45-15-3-8-32-42-28(18-24(19-31(42)48)17-22-4-1-5-23(16-22)20-46)35(49)27-6-2-7-29(34(27)37(42)51)54-40-38(52)41(53,36(50)30(21-47)55-40)13-11-25-12-14-43-39-26(25)9-10-33(44-39)57-56-32/h1-2,4-7,12,16,18-19,28,30,32-33,36,38,40,43-48,50,52-53H,3,8-11,13-15,17,20-21H2. The van der Waals surface area contributed by atoms with Crippen molar-refractivity contribution in [3.8, 4) is 5.75 Å². The highest BCUT2D eigenvalue weighted by atomic mass is 33.1. The Morgan fingerprint density at radius 3 is 2.58 bits per heavy atom. The third kappa shape index (κ3) is 6.94. The van der Waals surface area contributed by atoms with Crippen LogP contribution >= 0.6 is 21.6 Å². The highest BCUT2D eigenvalue weighted by Gasteiger charge is 2.62. The summed E-state index contributed by atoms with van der Waals surface area (Å²) in [7, 11) is 2.91. The first-order chi connectivity index (χ1) is 27.5. The number of ketones is 2. The largest absolute Gasteiger partial charge is 0.511 e. The first kappa shape index (κ1) is 40.2. The van der Waals surface area contributed by atoms with E-state index >= 15 is 4.79 Å². The molecule has 2 aromatic rings. The van der Waals surface area contributed by atoms with Gasteiger partial charge in [-0.2, -0.15) is 0 Å². The normalized spacial score (nSPS) is 33.7. The van der Waals surface area contributed by atoms with Crippen LogP contribution in [-0.2, 0) is 17.8 Å². The van der Waals surface area contributed by atoms with E-state index in [4.69, 9.17) is 9.47 Å². The molecule has 9 N–H and O–H groups in total. The number of fused-ring (bicyclic) bond motifs is 4. The predicted octanol–water partition coefficient (Wildman–Crippen LogP) is 3.10.